The van der Waals surface area contributed by atoms with Crippen LogP contribution in [0.3, 0.4) is 0 Å². The van der Waals surface area contributed by atoms with Crippen LogP contribution in [-0.4, -0.2) is 24.8 Å². The Labute approximate surface area is 674 Å². The SMILES string of the molecule is [C-]#[N+]/C(C#N)=C1\C(=C\c2cc3c(s2)-c2sc4c(OCCCCCCCC)c5cc6c7c(sc6c(OCCCCCCCC)c5cc4c2OC3(CCCCCC)CCCCCC)-c2sc(/C=C3\C(=O)c4cc(Cl)c(Cl)cc4\C3=C(\C#N)[N+]#[C-])cc2C(CCCCCC)(CCCCCC)O7)C(=O)c2cc(Cl)c(Cl)cc21. The molecular formula is C90H96Cl4N4O6S4. The monoisotopic (exact) mass is 1600 g/mol. The minimum atomic E-state index is -0.752. The number of nitriles is 2. The molecule has 0 bridgehead atoms. The van der Waals surface area contributed by atoms with Crippen molar-refractivity contribution in [1.82, 2.24) is 0 Å². The second-order valence-corrected chi connectivity index (χ2v) is 35.4. The number of thiophene rings is 4. The van der Waals surface area contributed by atoms with Gasteiger partial charge in [0.2, 0.25) is 0 Å². The fourth-order valence-electron chi connectivity index (χ4n) is 16.3. The van der Waals surface area contributed by atoms with Crippen molar-refractivity contribution in [2.45, 2.75) is 258 Å². The van der Waals surface area contributed by atoms with Crippen LogP contribution in [0.25, 0.3) is 83.4 Å². The number of carbonyl (C=O) groups excluding carboxylic acids is 2. The van der Waals surface area contributed by atoms with Crippen LogP contribution in [0.4, 0.5) is 0 Å². The Balaban J connectivity index is 1.12. The molecule has 4 aromatic carbocycles. The smallest absolute Gasteiger partial charge is 0.270 e. The second kappa shape index (κ2) is 36.9. The molecule has 0 atom stereocenters. The van der Waals surface area contributed by atoms with Crippen LogP contribution in [0.15, 0.2) is 71.1 Å². The summed E-state index contributed by atoms with van der Waals surface area (Å²) in [6.45, 7) is 30.8. The van der Waals surface area contributed by atoms with Gasteiger partial charge in [0.25, 0.3) is 11.4 Å². The summed E-state index contributed by atoms with van der Waals surface area (Å²) < 4.78 is 33.1. The fraction of sp³-hybridized carbons (Fsp3) is 0.467. The highest BCUT2D eigenvalue weighted by Gasteiger charge is 2.47. The molecule has 0 N–H and O–H groups in total. The first-order valence-electron chi connectivity index (χ1n) is 39.6. The second-order valence-electron chi connectivity index (χ2n) is 29.5. The van der Waals surface area contributed by atoms with Gasteiger partial charge in [-0.1, -0.05) is 229 Å². The third kappa shape index (κ3) is 16.4. The summed E-state index contributed by atoms with van der Waals surface area (Å²) in [6.07, 6.45) is 36.6. The number of nitrogens with zero attached hydrogens (tertiary/aromatic N) is 4. The molecule has 2 aliphatic carbocycles. The molecule has 0 amide bonds. The van der Waals surface area contributed by atoms with E-state index in [9.17, 15) is 20.1 Å². The van der Waals surface area contributed by atoms with Gasteiger partial charge in [0.1, 0.15) is 34.2 Å². The summed E-state index contributed by atoms with van der Waals surface area (Å²) in [5.74, 6) is 2.55. The lowest BCUT2D eigenvalue weighted by atomic mass is 9.81. The van der Waals surface area contributed by atoms with Crippen molar-refractivity contribution in [3.8, 4) is 54.6 Å². The molecular weight excluding hydrogens is 1500 g/mol. The van der Waals surface area contributed by atoms with E-state index in [0.717, 1.165) is 274 Å². The van der Waals surface area contributed by atoms with E-state index in [0.29, 0.717) is 35.5 Å². The fourth-order valence-corrected chi connectivity index (χ4v) is 22.0. The lowest BCUT2D eigenvalue weighted by Gasteiger charge is -2.39. The van der Waals surface area contributed by atoms with Crippen molar-refractivity contribution in [3.63, 3.8) is 0 Å². The van der Waals surface area contributed by atoms with Crippen LogP contribution in [0.2, 0.25) is 20.1 Å². The average molecular weight is 1600 g/mol. The predicted molar refractivity (Wildman–Crippen MR) is 455 cm³/mol. The zero-order valence-corrected chi connectivity index (χ0v) is 69.5. The zero-order valence-electron chi connectivity index (χ0n) is 63.2. The van der Waals surface area contributed by atoms with E-state index in [1.807, 2.05) is 12.2 Å². The Morgan fingerprint density at radius 2 is 0.741 bits per heavy atom. The van der Waals surface area contributed by atoms with Crippen molar-refractivity contribution >= 4 is 158 Å². The molecule has 0 fully saturated rings. The van der Waals surface area contributed by atoms with Crippen molar-refractivity contribution in [3.05, 3.63) is 157 Å². The molecule has 564 valence electrons. The van der Waals surface area contributed by atoms with E-state index in [2.05, 4.69) is 87.6 Å². The van der Waals surface area contributed by atoms with E-state index >= 15 is 0 Å². The van der Waals surface area contributed by atoms with Gasteiger partial charge >= 0.3 is 0 Å². The van der Waals surface area contributed by atoms with Gasteiger partial charge in [-0.2, -0.15) is 0 Å². The summed E-state index contributed by atoms with van der Waals surface area (Å²) in [5, 5.41) is 25.7. The number of halogens is 4. The van der Waals surface area contributed by atoms with Gasteiger partial charge in [0, 0.05) is 75.8 Å². The lowest BCUT2D eigenvalue weighted by molar-refractivity contribution is 0.0411. The molecule has 0 unspecified atom stereocenters. The number of ether oxygens (including phenoxy) is 4. The Morgan fingerprint density at radius 1 is 0.426 bits per heavy atom. The molecule has 4 aromatic heterocycles. The Kier molecular flexibility index (Phi) is 27.6. The van der Waals surface area contributed by atoms with E-state index < -0.39 is 11.2 Å². The van der Waals surface area contributed by atoms with Gasteiger partial charge in [0.05, 0.1) is 87.5 Å². The Morgan fingerprint density at radius 3 is 1.06 bits per heavy atom. The molecule has 8 aromatic rings. The van der Waals surface area contributed by atoms with Gasteiger partial charge in [0.15, 0.2) is 11.6 Å². The molecule has 2 aliphatic heterocycles. The first-order chi connectivity index (χ1) is 52.6. The van der Waals surface area contributed by atoms with Gasteiger partial charge in [-0.25, -0.2) is 20.2 Å². The van der Waals surface area contributed by atoms with E-state index in [1.54, 1.807) is 69.6 Å². The largest absolute Gasteiger partial charge is 0.491 e. The first kappa shape index (κ1) is 80.6. The van der Waals surface area contributed by atoms with Crippen molar-refractivity contribution in [2.24, 2.45) is 0 Å². The lowest BCUT2D eigenvalue weighted by Crippen LogP contribution is -2.35. The van der Waals surface area contributed by atoms with E-state index in [4.69, 9.17) is 78.5 Å². The van der Waals surface area contributed by atoms with Crippen LogP contribution in [0, 0.1) is 35.8 Å². The minimum absolute atomic E-state index is 0.194. The van der Waals surface area contributed by atoms with Gasteiger partial charge in [-0.05, 0) is 136 Å². The van der Waals surface area contributed by atoms with Gasteiger partial charge in [-0.15, -0.1) is 45.3 Å². The van der Waals surface area contributed by atoms with Crippen LogP contribution in [0.1, 0.15) is 300 Å². The number of hydrogen-bond donors (Lipinski definition) is 0. The predicted octanol–water partition coefficient (Wildman–Crippen LogP) is 30.7. The molecule has 0 radical (unpaired) electrons. The topological polar surface area (TPSA) is 127 Å². The minimum Gasteiger partial charge on any atom is -0.491 e. The van der Waals surface area contributed by atoms with Crippen molar-refractivity contribution < 1.29 is 28.5 Å². The van der Waals surface area contributed by atoms with Crippen LogP contribution in [-0.2, 0) is 11.2 Å². The average Bonchev–Trinajstić information content (AvgIpc) is 1.53. The Bertz CT molecular complexity index is 4680. The molecule has 0 saturated carbocycles. The number of Topliss-reactive ketones (excluding diaryl/α,β-unsaturated/α-hetero) is 2. The molecule has 108 heavy (non-hydrogen) atoms. The molecule has 18 heteroatoms. The maximum absolute atomic E-state index is 14.8. The molecule has 10 nitrogen and oxygen atoms in total. The van der Waals surface area contributed by atoms with Crippen molar-refractivity contribution in [1.29, 1.82) is 10.5 Å². The van der Waals surface area contributed by atoms with Crippen LogP contribution < -0.4 is 18.9 Å². The third-order valence-electron chi connectivity index (χ3n) is 21.9. The highest BCUT2D eigenvalue weighted by molar-refractivity contribution is 7.28. The van der Waals surface area contributed by atoms with Gasteiger partial charge in [-0.3, -0.25) is 9.59 Å². The number of benzene rings is 4. The van der Waals surface area contributed by atoms with E-state index in [-0.39, 0.29) is 65.3 Å². The molecule has 6 heterocycles. The maximum atomic E-state index is 14.8. The molecule has 0 spiro atoms. The zero-order chi connectivity index (χ0) is 76.2. The summed E-state index contributed by atoms with van der Waals surface area (Å²) >= 11 is 33.1. The highest BCUT2D eigenvalue weighted by atomic mass is 35.5. The number of carbonyl (C=O) groups is 2. The van der Waals surface area contributed by atoms with E-state index in [1.165, 1.54) is 25.7 Å². The number of fused-ring (bicyclic) bond motifs is 13. The first-order valence-corrected chi connectivity index (χ1v) is 44.4. The number of ketones is 2. The molecule has 0 saturated heterocycles. The normalized spacial score (nSPS) is 16.0. The number of hydrogen-bond acceptors (Lipinski definition) is 12. The van der Waals surface area contributed by atoms with Crippen LogP contribution >= 0.6 is 91.8 Å². The standard InChI is InChI=1S/C90H96Cl4N4O6S4/c1-9-15-21-27-29-35-41-101-79-61-47-66-82-88(86-68(90(104-82,39-33-25-19-13-5)40-34-26-20-14-6)46-56(106-86)44-64-76(74(54-96)98-8)58-50-70(92)72(94)52-60(58)78(64)100)108-84(66)80(102-42-36-30-28-22-16-10-2)62(61)48-65-81-87(107-83(65)79)85-67(89(103-81,37-31-23-17-11-3)38-32-24-18-12-4)45-55(105-85)43-63-75(73(53-95)97-7)57-49-69(91)71(93)51-59(57)77(63)99/h43-52H,9-42H2,1-6H3/b63-43-,64-44-,75-73-,76-74+. The Hall–Kier alpha value is -6.92. The number of unbranched alkanes of at least 4 members (excludes halogenated alkanes) is 22. The summed E-state index contributed by atoms with van der Waals surface area (Å²) in [7, 11) is 0. The molecule has 4 aliphatic rings. The highest BCUT2D eigenvalue weighted by Crippen LogP contribution is 2.65. The molecule has 12 rings (SSSR count). The maximum Gasteiger partial charge on any atom is 0.270 e. The summed E-state index contributed by atoms with van der Waals surface area (Å²) in [5.41, 5.74) is 2.74. The van der Waals surface area contributed by atoms with Crippen molar-refractivity contribution in [2.75, 3.05) is 13.2 Å². The van der Waals surface area contributed by atoms with Crippen LogP contribution in [0.5, 0.6) is 23.0 Å². The summed E-state index contributed by atoms with van der Waals surface area (Å²) in [4.78, 5) is 42.7. The summed E-state index contributed by atoms with van der Waals surface area (Å²) in [6, 6.07) is 19.6. The quantitative estimate of drug-likeness (QED) is 0.0162. The van der Waals surface area contributed by atoms with Gasteiger partial charge < -0.3 is 18.9 Å². The number of allylic oxidation sites excluding steroid dienone is 6. The number of rotatable bonds is 38. The third-order valence-corrected chi connectivity index (χ3v) is 28.3.